The molecular weight excluding hydrogens is 369 g/mol. The van der Waals surface area contributed by atoms with Crippen molar-refractivity contribution < 1.29 is 4.39 Å². The van der Waals surface area contributed by atoms with Gasteiger partial charge in [0, 0.05) is 38.1 Å². The summed E-state index contributed by atoms with van der Waals surface area (Å²) in [6, 6.07) is 12.3. The molecule has 2 aromatic heterocycles. The van der Waals surface area contributed by atoms with Gasteiger partial charge in [-0.25, -0.2) is 4.39 Å². The number of piperidine rings is 1. The average molecular weight is 391 g/mol. The summed E-state index contributed by atoms with van der Waals surface area (Å²) in [4.78, 5) is 19.3. The van der Waals surface area contributed by atoms with Crippen LogP contribution >= 0.6 is 0 Å². The van der Waals surface area contributed by atoms with E-state index >= 15 is 0 Å². The Morgan fingerprint density at radius 3 is 2.72 bits per heavy atom. The number of hydrogen-bond acceptors (Lipinski definition) is 5. The number of nitrogens with zero attached hydrogens (tertiary/aromatic N) is 4. The third kappa shape index (κ3) is 3.42. The molecule has 3 heterocycles. The first-order valence-corrected chi connectivity index (χ1v) is 9.64. The van der Waals surface area contributed by atoms with Crippen molar-refractivity contribution in [2.45, 2.75) is 19.4 Å². The first kappa shape index (κ1) is 18.9. The molecule has 0 saturated carbocycles. The van der Waals surface area contributed by atoms with Crippen LogP contribution in [0, 0.1) is 23.1 Å². The third-order valence-corrected chi connectivity index (χ3v) is 5.66. The Kier molecular flexibility index (Phi) is 4.93. The summed E-state index contributed by atoms with van der Waals surface area (Å²) in [5.41, 5.74) is 2.72. The van der Waals surface area contributed by atoms with Crippen molar-refractivity contribution in [2.75, 3.05) is 23.3 Å². The maximum absolute atomic E-state index is 13.1. The average Bonchev–Trinajstić information content (AvgIpc) is 2.73. The number of benzene rings is 1. The molecule has 0 radical (unpaired) electrons. The molecule has 6 nitrogen and oxygen atoms in total. The van der Waals surface area contributed by atoms with E-state index in [-0.39, 0.29) is 28.9 Å². The molecule has 3 aromatic rings. The highest BCUT2D eigenvalue weighted by Crippen LogP contribution is 2.31. The van der Waals surface area contributed by atoms with Gasteiger partial charge in [-0.3, -0.25) is 9.78 Å². The molecule has 29 heavy (non-hydrogen) atoms. The van der Waals surface area contributed by atoms with Crippen LogP contribution in [0.1, 0.15) is 18.9 Å². The number of aromatic nitrogens is 2. The molecule has 0 bridgehead atoms. The smallest absolute Gasteiger partial charge is 0.270 e. The first-order valence-electron chi connectivity index (χ1n) is 9.64. The molecule has 4 rings (SSSR count). The van der Waals surface area contributed by atoms with Gasteiger partial charge in [-0.2, -0.15) is 5.26 Å². The maximum atomic E-state index is 13.1. The van der Waals surface area contributed by atoms with Gasteiger partial charge >= 0.3 is 0 Å². The second kappa shape index (κ2) is 7.55. The Morgan fingerprint density at radius 1 is 1.28 bits per heavy atom. The second-order valence-electron chi connectivity index (χ2n) is 7.54. The number of rotatable bonds is 3. The molecule has 1 aliphatic rings. The number of pyridine rings is 2. The van der Waals surface area contributed by atoms with E-state index in [2.05, 4.69) is 28.2 Å². The molecule has 0 spiro atoms. The zero-order valence-corrected chi connectivity index (χ0v) is 16.4. The summed E-state index contributed by atoms with van der Waals surface area (Å²) >= 11 is 0. The minimum absolute atomic E-state index is 0.135. The van der Waals surface area contributed by atoms with Gasteiger partial charge in [-0.1, -0.05) is 6.92 Å². The Hall–Kier alpha value is -3.40. The van der Waals surface area contributed by atoms with Crippen LogP contribution in [0.4, 0.5) is 15.8 Å². The van der Waals surface area contributed by atoms with E-state index in [0.29, 0.717) is 29.8 Å². The molecule has 1 fully saturated rings. The van der Waals surface area contributed by atoms with Crippen molar-refractivity contribution in [2.24, 2.45) is 13.0 Å². The van der Waals surface area contributed by atoms with Crippen LogP contribution in [0.25, 0.3) is 11.0 Å². The van der Waals surface area contributed by atoms with Crippen LogP contribution in [0.2, 0.25) is 0 Å². The molecule has 0 aliphatic carbocycles. The largest absolute Gasteiger partial charge is 0.382 e. The number of nitrogens with one attached hydrogen (secondary N) is 1. The van der Waals surface area contributed by atoms with Crippen LogP contribution in [0.5, 0.6) is 0 Å². The van der Waals surface area contributed by atoms with Crippen molar-refractivity contribution in [3.63, 3.8) is 0 Å². The molecular formula is C22H22FN5O. The molecule has 1 aromatic carbocycles. The van der Waals surface area contributed by atoms with Gasteiger partial charge in [-0.05, 0) is 48.7 Å². The fourth-order valence-corrected chi connectivity index (χ4v) is 4.08. The lowest BCUT2D eigenvalue weighted by atomic mass is 9.92. The van der Waals surface area contributed by atoms with E-state index in [0.717, 1.165) is 12.1 Å². The summed E-state index contributed by atoms with van der Waals surface area (Å²) in [5, 5.41) is 13.2. The van der Waals surface area contributed by atoms with Gasteiger partial charge in [0.1, 0.15) is 23.0 Å². The Labute approximate surface area is 168 Å². The summed E-state index contributed by atoms with van der Waals surface area (Å²) < 4.78 is 14.6. The topological polar surface area (TPSA) is 74.0 Å². The molecule has 0 amide bonds. The van der Waals surface area contributed by atoms with Crippen molar-refractivity contribution in [1.82, 2.24) is 9.55 Å². The quantitative estimate of drug-likeness (QED) is 0.742. The lowest BCUT2D eigenvalue weighted by molar-refractivity contribution is 0.404. The van der Waals surface area contributed by atoms with E-state index in [1.807, 2.05) is 6.07 Å². The SMILES string of the molecule is C[C@H]1CN(c2c(C#N)c(=O)n(C)c3cccnc23)CC[C@H]1Nc1ccc(F)cc1. The second-order valence-corrected chi connectivity index (χ2v) is 7.54. The van der Waals surface area contributed by atoms with Gasteiger partial charge in [0.15, 0.2) is 0 Å². The molecule has 0 unspecified atom stereocenters. The zero-order chi connectivity index (χ0) is 20.5. The number of anilines is 2. The van der Waals surface area contributed by atoms with E-state index in [1.165, 1.54) is 16.7 Å². The lowest BCUT2D eigenvalue weighted by Crippen LogP contribution is -2.46. The maximum Gasteiger partial charge on any atom is 0.270 e. The highest BCUT2D eigenvalue weighted by Gasteiger charge is 2.30. The van der Waals surface area contributed by atoms with Crippen LogP contribution < -0.4 is 15.8 Å². The lowest BCUT2D eigenvalue weighted by Gasteiger charge is -2.39. The van der Waals surface area contributed by atoms with E-state index in [4.69, 9.17) is 0 Å². The minimum atomic E-state index is -0.304. The number of nitriles is 1. The summed E-state index contributed by atoms with van der Waals surface area (Å²) in [6.45, 7) is 3.51. The number of halogens is 1. The van der Waals surface area contributed by atoms with E-state index in [1.54, 1.807) is 31.4 Å². The van der Waals surface area contributed by atoms with Gasteiger partial charge in [0.2, 0.25) is 0 Å². The summed E-state index contributed by atoms with van der Waals surface area (Å²) in [5.74, 6) is -0.00402. The number of aryl methyl sites for hydroxylation is 1. The molecule has 1 saturated heterocycles. The Balaban J connectivity index is 1.65. The highest BCUT2D eigenvalue weighted by molar-refractivity contribution is 5.91. The van der Waals surface area contributed by atoms with Crippen molar-refractivity contribution in [3.8, 4) is 6.07 Å². The normalized spacial score (nSPS) is 19.2. The number of hydrogen-bond donors (Lipinski definition) is 1. The Morgan fingerprint density at radius 2 is 2.03 bits per heavy atom. The Bertz CT molecular complexity index is 1150. The minimum Gasteiger partial charge on any atom is -0.382 e. The van der Waals surface area contributed by atoms with Crippen molar-refractivity contribution in [1.29, 1.82) is 5.26 Å². The van der Waals surface area contributed by atoms with E-state index in [9.17, 15) is 14.4 Å². The predicted molar refractivity (Wildman–Crippen MR) is 112 cm³/mol. The van der Waals surface area contributed by atoms with Crippen LogP contribution in [-0.2, 0) is 7.05 Å². The first-order chi connectivity index (χ1) is 14.0. The zero-order valence-electron chi connectivity index (χ0n) is 16.4. The molecule has 148 valence electrons. The monoisotopic (exact) mass is 391 g/mol. The fraction of sp³-hybridized carbons (Fsp3) is 0.318. The third-order valence-electron chi connectivity index (χ3n) is 5.66. The van der Waals surface area contributed by atoms with Gasteiger partial charge in [0.05, 0.1) is 11.2 Å². The summed E-state index contributed by atoms with van der Waals surface area (Å²) in [6.07, 6.45) is 2.51. The predicted octanol–water partition coefficient (Wildman–Crippen LogP) is 3.27. The van der Waals surface area contributed by atoms with Crippen LogP contribution in [0.3, 0.4) is 0 Å². The fourth-order valence-electron chi connectivity index (χ4n) is 4.08. The van der Waals surface area contributed by atoms with Crippen LogP contribution in [-0.4, -0.2) is 28.7 Å². The van der Waals surface area contributed by atoms with Crippen molar-refractivity contribution in [3.05, 3.63) is 64.3 Å². The van der Waals surface area contributed by atoms with Crippen molar-refractivity contribution >= 4 is 22.4 Å². The molecule has 1 aliphatic heterocycles. The molecule has 2 atom stereocenters. The standard InChI is InChI=1S/C22H22FN5O/c1-14-13-28(11-9-18(14)26-16-7-5-15(23)6-8-16)21-17(12-24)22(29)27(2)19-4-3-10-25-20(19)21/h3-8,10,14,18,26H,9,11,13H2,1-2H3/t14-,18+/m0/s1. The van der Waals surface area contributed by atoms with Crippen LogP contribution in [0.15, 0.2) is 47.4 Å². The highest BCUT2D eigenvalue weighted by atomic mass is 19.1. The number of fused-ring (bicyclic) bond motifs is 1. The van der Waals surface area contributed by atoms with Gasteiger partial charge in [0.25, 0.3) is 5.56 Å². The molecule has 7 heteroatoms. The van der Waals surface area contributed by atoms with Gasteiger partial charge in [-0.15, -0.1) is 0 Å². The van der Waals surface area contributed by atoms with Gasteiger partial charge < -0.3 is 14.8 Å². The molecule has 1 N–H and O–H groups in total. The summed E-state index contributed by atoms with van der Waals surface area (Å²) in [7, 11) is 1.67. The van der Waals surface area contributed by atoms with E-state index < -0.39 is 0 Å².